The van der Waals surface area contributed by atoms with Crippen molar-refractivity contribution in [2.24, 2.45) is 0 Å². The molecule has 1 aliphatic rings. The highest BCUT2D eigenvalue weighted by Crippen LogP contribution is 2.28. The van der Waals surface area contributed by atoms with Gasteiger partial charge < -0.3 is 10.6 Å². The Hall–Kier alpha value is -0.630. The van der Waals surface area contributed by atoms with E-state index in [1.807, 2.05) is 0 Å². The van der Waals surface area contributed by atoms with Crippen LogP contribution >= 0.6 is 11.3 Å². The molecule has 0 unspecified atom stereocenters. The zero-order valence-electron chi connectivity index (χ0n) is 12.2. The first-order valence-electron chi connectivity index (χ1n) is 6.88. The molecule has 2 heterocycles. The fraction of sp³-hybridized carbons (Fsp3) is 0.692. The number of piperidine rings is 1. The van der Waals surface area contributed by atoms with Gasteiger partial charge in [0.15, 0.2) is 0 Å². The Morgan fingerprint density at radius 3 is 2.45 bits per heavy atom. The van der Waals surface area contributed by atoms with Crippen molar-refractivity contribution in [3.8, 4) is 0 Å². The predicted octanol–water partition coefficient (Wildman–Crippen LogP) is 1.82. The second-order valence-electron chi connectivity index (χ2n) is 5.58. The molecule has 2 rings (SSSR count). The Bertz CT molecular complexity index is 546. The molecule has 1 aromatic heterocycles. The molecule has 0 amide bonds. The number of sulfonamides is 1. The number of anilines is 1. The average molecular weight is 317 g/mol. The summed E-state index contributed by atoms with van der Waals surface area (Å²) in [7, 11) is -1.72. The maximum Gasteiger partial charge on any atom is 0.252 e. The Morgan fingerprint density at radius 2 is 2.00 bits per heavy atom. The lowest BCUT2D eigenvalue weighted by atomic mass is 10.0. The van der Waals surface area contributed by atoms with E-state index >= 15 is 0 Å². The van der Waals surface area contributed by atoms with Gasteiger partial charge in [0.1, 0.15) is 4.21 Å². The summed E-state index contributed by atoms with van der Waals surface area (Å²) in [4.78, 5) is 2.39. The Balaban J connectivity index is 2.07. The summed E-state index contributed by atoms with van der Waals surface area (Å²) in [5.41, 5.74) is 6.14. The number of hydrogen-bond donors (Lipinski definition) is 1. The number of likely N-dealkylation sites (tertiary alicyclic amines) is 1. The third-order valence-corrected chi connectivity index (χ3v) is 7.32. The van der Waals surface area contributed by atoms with Crippen molar-refractivity contribution in [2.45, 2.75) is 43.0 Å². The molecule has 2 N–H and O–H groups in total. The summed E-state index contributed by atoms with van der Waals surface area (Å²) < 4.78 is 26.9. The van der Waals surface area contributed by atoms with Crippen molar-refractivity contribution in [3.05, 3.63) is 11.4 Å². The highest BCUT2D eigenvalue weighted by molar-refractivity contribution is 7.91. The maximum absolute atomic E-state index is 12.5. The zero-order chi connectivity index (χ0) is 14.9. The fourth-order valence-corrected chi connectivity index (χ4v) is 5.25. The van der Waals surface area contributed by atoms with Gasteiger partial charge >= 0.3 is 0 Å². The van der Waals surface area contributed by atoms with Crippen LogP contribution in [0.15, 0.2) is 15.7 Å². The third kappa shape index (κ3) is 3.16. The SMILES string of the molecule is CC(C)N1CCC(N(C)S(=O)(=O)c2cc(N)cs2)CC1. The lowest BCUT2D eigenvalue weighted by molar-refractivity contribution is 0.140. The van der Waals surface area contributed by atoms with E-state index in [9.17, 15) is 8.42 Å². The van der Waals surface area contributed by atoms with Crippen LogP contribution in [0.25, 0.3) is 0 Å². The second-order valence-corrected chi connectivity index (χ2v) is 8.72. The molecular weight excluding hydrogens is 294 g/mol. The van der Waals surface area contributed by atoms with E-state index in [4.69, 9.17) is 5.73 Å². The van der Waals surface area contributed by atoms with Crippen molar-refractivity contribution in [3.63, 3.8) is 0 Å². The highest BCUT2D eigenvalue weighted by atomic mass is 32.2. The number of hydrogen-bond acceptors (Lipinski definition) is 5. The lowest BCUT2D eigenvalue weighted by Gasteiger charge is -2.37. The van der Waals surface area contributed by atoms with Crippen molar-refractivity contribution in [1.29, 1.82) is 0 Å². The van der Waals surface area contributed by atoms with Crippen LogP contribution in [-0.2, 0) is 10.0 Å². The second kappa shape index (κ2) is 6.01. The van der Waals surface area contributed by atoms with Crippen LogP contribution in [0.1, 0.15) is 26.7 Å². The minimum absolute atomic E-state index is 0.0818. The average Bonchev–Trinajstić information content (AvgIpc) is 2.85. The van der Waals surface area contributed by atoms with Gasteiger partial charge in [0.25, 0.3) is 10.0 Å². The molecule has 1 fully saturated rings. The summed E-state index contributed by atoms with van der Waals surface area (Å²) >= 11 is 1.19. The van der Waals surface area contributed by atoms with E-state index in [-0.39, 0.29) is 6.04 Å². The van der Waals surface area contributed by atoms with Crippen LogP contribution in [0, 0.1) is 0 Å². The first-order chi connectivity index (χ1) is 9.32. The number of rotatable bonds is 4. The molecule has 7 heteroatoms. The van der Waals surface area contributed by atoms with Gasteiger partial charge in [-0.15, -0.1) is 11.3 Å². The molecule has 0 atom stereocenters. The summed E-state index contributed by atoms with van der Waals surface area (Å²) in [6.07, 6.45) is 1.77. The quantitative estimate of drug-likeness (QED) is 0.920. The van der Waals surface area contributed by atoms with E-state index in [0.717, 1.165) is 25.9 Å². The van der Waals surface area contributed by atoms with Gasteiger partial charge in [0, 0.05) is 30.2 Å². The van der Waals surface area contributed by atoms with Crippen LogP contribution in [0.4, 0.5) is 5.69 Å². The van der Waals surface area contributed by atoms with E-state index in [0.29, 0.717) is 15.9 Å². The van der Waals surface area contributed by atoms with Crippen molar-refractivity contribution in [1.82, 2.24) is 9.21 Å². The molecule has 0 radical (unpaired) electrons. The molecule has 5 nitrogen and oxygen atoms in total. The third-order valence-electron chi connectivity index (χ3n) is 3.97. The number of nitrogens with zero attached hydrogens (tertiary/aromatic N) is 2. The normalized spacial score (nSPS) is 19.1. The Kier molecular flexibility index (Phi) is 4.73. The molecule has 1 aromatic rings. The van der Waals surface area contributed by atoms with Crippen molar-refractivity contribution >= 4 is 27.0 Å². The molecule has 0 spiro atoms. The first-order valence-corrected chi connectivity index (χ1v) is 9.20. The molecule has 114 valence electrons. The molecule has 0 aliphatic carbocycles. The minimum Gasteiger partial charge on any atom is -0.398 e. The predicted molar refractivity (Wildman–Crippen MR) is 83.4 cm³/mol. The maximum atomic E-state index is 12.5. The Morgan fingerprint density at radius 1 is 1.40 bits per heavy atom. The van der Waals surface area contributed by atoms with Crippen LogP contribution in [0.3, 0.4) is 0 Å². The van der Waals surface area contributed by atoms with Gasteiger partial charge in [0.2, 0.25) is 0 Å². The van der Waals surface area contributed by atoms with Crippen molar-refractivity contribution < 1.29 is 8.42 Å². The summed E-state index contributed by atoms with van der Waals surface area (Å²) in [5.74, 6) is 0. The van der Waals surface area contributed by atoms with Crippen LogP contribution in [-0.4, -0.2) is 49.8 Å². The van der Waals surface area contributed by atoms with Gasteiger partial charge in [0.05, 0.1) is 0 Å². The van der Waals surface area contributed by atoms with Crippen LogP contribution in [0.2, 0.25) is 0 Å². The van der Waals surface area contributed by atoms with E-state index in [1.165, 1.54) is 15.6 Å². The molecular formula is C13H23N3O2S2. The van der Waals surface area contributed by atoms with Gasteiger partial charge in [-0.1, -0.05) is 0 Å². The van der Waals surface area contributed by atoms with Gasteiger partial charge in [-0.05, 0) is 45.8 Å². The number of nitrogen functional groups attached to an aromatic ring is 1. The van der Waals surface area contributed by atoms with Gasteiger partial charge in [-0.3, -0.25) is 0 Å². The molecule has 0 aromatic carbocycles. The first kappa shape index (κ1) is 15.8. The topological polar surface area (TPSA) is 66.6 Å². The van der Waals surface area contributed by atoms with Crippen LogP contribution in [0.5, 0.6) is 0 Å². The molecule has 1 saturated heterocycles. The van der Waals surface area contributed by atoms with E-state index in [2.05, 4.69) is 18.7 Å². The summed E-state index contributed by atoms with van der Waals surface area (Å²) in [6.45, 7) is 6.26. The summed E-state index contributed by atoms with van der Waals surface area (Å²) in [6, 6.07) is 2.15. The standard InChI is InChI=1S/C13H23N3O2S2/c1-10(2)16-6-4-12(5-7-16)15(3)20(17,18)13-8-11(14)9-19-13/h8-10,12H,4-7,14H2,1-3H3. The number of nitrogens with two attached hydrogens (primary N) is 1. The molecule has 1 aliphatic heterocycles. The molecule has 20 heavy (non-hydrogen) atoms. The zero-order valence-corrected chi connectivity index (χ0v) is 13.9. The summed E-state index contributed by atoms with van der Waals surface area (Å²) in [5, 5.41) is 1.67. The van der Waals surface area contributed by atoms with E-state index < -0.39 is 10.0 Å². The fourth-order valence-electron chi connectivity index (χ4n) is 2.57. The lowest BCUT2D eigenvalue weighted by Crippen LogP contribution is -2.47. The largest absolute Gasteiger partial charge is 0.398 e. The smallest absolute Gasteiger partial charge is 0.252 e. The van der Waals surface area contributed by atoms with Gasteiger partial charge in [-0.2, -0.15) is 4.31 Å². The Labute approximate surface area is 125 Å². The minimum atomic E-state index is -3.40. The molecule has 0 bridgehead atoms. The van der Waals surface area contributed by atoms with E-state index in [1.54, 1.807) is 18.5 Å². The van der Waals surface area contributed by atoms with Crippen molar-refractivity contribution in [2.75, 3.05) is 25.9 Å². The highest BCUT2D eigenvalue weighted by Gasteiger charge is 2.32. The monoisotopic (exact) mass is 317 g/mol. The van der Waals surface area contributed by atoms with Crippen LogP contribution < -0.4 is 5.73 Å². The molecule has 0 saturated carbocycles. The van der Waals surface area contributed by atoms with Gasteiger partial charge in [-0.25, -0.2) is 8.42 Å². The number of thiophene rings is 1.